The average molecular weight is 199 g/mol. The third-order valence-electron chi connectivity index (χ3n) is 1.63. The molecule has 0 aromatic carbocycles. The molecule has 2 N–H and O–H groups in total. The van der Waals surface area contributed by atoms with Crippen LogP contribution in [0.3, 0.4) is 0 Å². The highest BCUT2D eigenvalue weighted by Gasteiger charge is 2.17. The second-order valence-electron chi connectivity index (χ2n) is 3.96. The lowest BCUT2D eigenvalue weighted by Gasteiger charge is -2.13. The molecule has 0 unspecified atom stereocenters. The molecule has 5 heteroatoms. The maximum atomic E-state index is 10.4. The summed E-state index contributed by atoms with van der Waals surface area (Å²) >= 11 is 0. The molecule has 0 spiro atoms. The smallest absolute Gasteiger partial charge is 0.346 e. The van der Waals surface area contributed by atoms with E-state index in [0.29, 0.717) is 6.54 Å². The minimum absolute atomic E-state index is 0.0567. The minimum Gasteiger partial charge on any atom is -0.478 e. The van der Waals surface area contributed by atoms with Crippen molar-refractivity contribution in [3.8, 4) is 0 Å². The lowest BCUT2D eigenvalue weighted by atomic mass is 10.1. The number of hydrogen-bond donors (Lipinski definition) is 2. The third-order valence-corrected chi connectivity index (χ3v) is 1.63. The highest BCUT2D eigenvalue weighted by Crippen LogP contribution is 2.03. The topological polar surface area (TPSA) is 66.3 Å². The molecular formula is C9H15N2O3+. The van der Waals surface area contributed by atoms with Crippen molar-refractivity contribution in [1.29, 1.82) is 0 Å². The molecule has 1 aromatic heterocycles. The molecular weight excluding hydrogens is 184 g/mol. The third kappa shape index (κ3) is 3.57. The van der Waals surface area contributed by atoms with Gasteiger partial charge in [-0.05, 0) is 13.8 Å². The lowest BCUT2D eigenvalue weighted by molar-refractivity contribution is -0.685. The van der Waals surface area contributed by atoms with Gasteiger partial charge >= 0.3 is 5.97 Å². The first-order valence-electron chi connectivity index (χ1n) is 4.36. The normalized spacial score (nSPS) is 11.6. The maximum absolute atomic E-state index is 10.4. The molecule has 14 heavy (non-hydrogen) atoms. The van der Waals surface area contributed by atoms with Crippen LogP contribution in [0.2, 0.25) is 0 Å². The van der Waals surface area contributed by atoms with Gasteiger partial charge in [0, 0.05) is 0 Å². The van der Waals surface area contributed by atoms with Crippen LogP contribution in [0.4, 0.5) is 0 Å². The Morgan fingerprint density at radius 3 is 2.71 bits per heavy atom. The van der Waals surface area contributed by atoms with Crippen molar-refractivity contribution in [3.63, 3.8) is 0 Å². The first-order valence-corrected chi connectivity index (χ1v) is 4.36. The summed E-state index contributed by atoms with van der Waals surface area (Å²) in [6.45, 7) is 3.79. The van der Waals surface area contributed by atoms with Gasteiger partial charge in [0.2, 0.25) is 6.33 Å². The van der Waals surface area contributed by atoms with E-state index < -0.39 is 11.6 Å². The van der Waals surface area contributed by atoms with Crippen LogP contribution >= 0.6 is 0 Å². The summed E-state index contributed by atoms with van der Waals surface area (Å²) in [6.07, 6.45) is 5.06. The van der Waals surface area contributed by atoms with Crippen LogP contribution in [0.5, 0.6) is 0 Å². The molecule has 5 nitrogen and oxygen atoms in total. The number of aromatic nitrogens is 2. The van der Waals surface area contributed by atoms with Crippen LogP contribution in [0.25, 0.3) is 0 Å². The molecule has 1 rings (SSSR count). The van der Waals surface area contributed by atoms with Crippen LogP contribution in [-0.2, 0) is 17.9 Å². The van der Waals surface area contributed by atoms with Crippen molar-refractivity contribution in [3.05, 3.63) is 18.7 Å². The number of carboxylic acids is 1. The Labute approximate surface area is 82.2 Å². The molecule has 1 heterocycles. The highest BCUT2D eigenvalue weighted by atomic mass is 16.4. The van der Waals surface area contributed by atoms with Gasteiger partial charge in [0.1, 0.15) is 18.9 Å². The number of hydrogen-bond acceptors (Lipinski definition) is 2. The fourth-order valence-electron chi connectivity index (χ4n) is 1.23. The van der Waals surface area contributed by atoms with Gasteiger partial charge in [0.05, 0.1) is 5.60 Å². The fourth-order valence-corrected chi connectivity index (χ4v) is 1.23. The van der Waals surface area contributed by atoms with Gasteiger partial charge in [0.15, 0.2) is 6.54 Å². The van der Waals surface area contributed by atoms with Crippen molar-refractivity contribution in [1.82, 2.24) is 4.57 Å². The van der Waals surface area contributed by atoms with E-state index in [4.69, 9.17) is 5.11 Å². The van der Waals surface area contributed by atoms with E-state index in [-0.39, 0.29) is 6.54 Å². The monoisotopic (exact) mass is 199 g/mol. The van der Waals surface area contributed by atoms with Gasteiger partial charge in [-0.3, -0.25) is 0 Å². The number of carbonyl (C=O) groups is 1. The average Bonchev–Trinajstić information content (AvgIpc) is 2.30. The minimum atomic E-state index is -0.879. The zero-order valence-corrected chi connectivity index (χ0v) is 8.34. The van der Waals surface area contributed by atoms with E-state index in [1.807, 2.05) is 0 Å². The van der Waals surface area contributed by atoms with Crippen LogP contribution in [0.1, 0.15) is 13.8 Å². The molecule has 0 aliphatic heterocycles. The SMILES string of the molecule is CC(C)(O)Cn1cc[n+](CC(=O)O)c1. The van der Waals surface area contributed by atoms with Gasteiger partial charge in [-0.2, -0.15) is 0 Å². The Morgan fingerprint density at radius 2 is 2.21 bits per heavy atom. The van der Waals surface area contributed by atoms with E-state index in [0.717, 1.165) is 0 Å². The molecule has 0 radical (unpaired) electrons. The zero-order valence-electron chi connectivity index (χ0n) is 8.34. The van der Waals surface area contributed by atoms with Crippen LogP contribution in [-0.4, -0.2) is 26.4 Å². The highest BCUT2D eigenvalue weighted by molar-refractivity contribution is 5.64. The van der Waals surface area contributed by atoms with Gasteiger partial charge in [-0.15, -0.1) is 0 Å². The van der Waals surface area contributed by atoms with Gasteiger partial charge < -0.3 is 10.2 Å². The fraction of sp³-hybridized carbons (Fsp3) is 0.556. The Bertz CT molecular complexity index is 325. The second kappa shape index (κ2) is 3.79. The molecule has 1 aromatic rings. The molecule has 0 fully saturated rings. The molecule has 0 aliphatic rings. The summed E-state index contributed by atoms with van der Waals surface area (Å²) in [4.78, 5) is 10.4. The summed E-state index contributed by atoms with van der Waals surface area (Å²) in [5.74, 6) is -0.879. The summed E-state index contributed by atoms with van der Waals surface area (Å²) < 4.78 is 3.30. The van der Waals surface area contributed by atoms with Gasteiger partial charge in [-0.1, -0.05) is 0 Å². The van der Waals surface area contributed by atoms with E-state index in [1.165, 1.54) is 0 Å². The molecule has 78 valence electrons. The Hall–Kier alpha value is -1.36. The summed E-state index contributed by atoms with van der Waals surface area (Å²) in [6, 6.07) is 0. The summed E-state index contributed by atoms with van der Waals surface area (Å²) in [5.41, 5.74) is -0.792. The van der Waals surface area contributed by atoms with E-state index in [2.05, 4.69) is 0 Å². The number of aliphatic carboxylic acids is 1. The molecule has 0 saturated heterocycles. The maximum Gasteiger partial charge on any atom is 0.346 e. The number of carboxylic acid groups (broad SMARTS) is 1. The predicted octanol–water partition coefficient (Wildman–Crippen LogP) is -0.369. The van der Waals surface area contributed by atoms with Crippen molar-refractivity contribution in [2.24, 2.45) is 0 Å². The van der Waals surface area contributed by atoms with Crippen molar-refractivity contribution < 1.29 is 19.6 Å². The van der Waals surface area contributed by atoms with Crippen molar-refractivity contribution in [2.45, 2.75) is 32.5 Å². The first kappa shape index (κ1) is 10.7. The van der Waals surface area contributed by atoms with E-state index in [9.17, 15) is 9.90 Å². The zero-order chi connectivity index (χ0) is 10.8. The molecule has 0 saturated carbocycles. The largest absolute Gasteiger partial charge is 0.478 e. The summed E-state index contributed by atoms with van der Waals surface area (Å²) in [5, 5.41) is 18.0. The number of nitrogens with zero attached hydrogens (tertiary/aromatic N) is 2. The Morgan fingerprint density at radius 1 is 1.57 bits per heavy atom. The number of imidazole rings is 1. The van der Waals surface area contributed by atoms with E-state index >= 15 is 0 Å². The standard InChI is InChI=1S/C9H14N2O3/c1-9(2,14)6-11-4-3-10(7-11)5-8(12)13/h3-4,7,14H,5-6H2,1-2H3/p+1. The molecule has 0 atom stereocenters. The van der Waals surface area contributed by atoms with E-state index in [1.54, 1.807) is 41.7 Å². The second-order valence-corrected chi connectivity index (χ2v) is 3.96. The van der Waals surface area contributed by atoms with Crippen molar-refractivity contribution >= 4 is 5.97 Å². The van der Waals surface area contributed by atoms with Crippen molar-refractivity contribution in [2.75, 3.05) is 0 Å². The first-order chi connectivity index (χ1) is 6.37. The lowest BCUT2D eigenvalue weighted by Crippen LogP contribution is -2.36. The molecule has 0 amide bonds. The van der Waals surface area contributed by atoms with Gasteiger partial charge in [-0.25, -0.2) is 13.9 Å². The number of aliphatic hydroxyl groups is 1. The number of rotatable bonds is 4. The Kier molecular flexibility index (Phi) is 2.90. The quantitative estimate of drug-likeness (QED) is 0.650. The van der Waals surface area contributed by atoms with Crippen LogP contribution in [0.15, 0.2) is 18.7 Å². The molecule has 0 bridgehead atoms. The summed E-state index contributed by atoms with van der Waals surface area (Å²) in [7, 11) is 0. The Balaban J connectivity index is 2.64. The van der Waals surface area contributed by atoms with Crippen LogP contribution in [0, 0.1) is 0 Å². The predicted molar refractivity (Wildman–Crippen MR) is 48.6 cm³/mol. The van der Waals surface area contributed by atoms with Gasteiger partial charge in [0.25, 0.3) is 0 Å². The van der Waals surface area contributed by atoms with Crippen LogP contribution < -0.4 is 4.57 Å². The molecule has 0 aliphatic carbocycles.